The summed E-state index contributed by atoms with van der Waals surface area (Å²) in [6, 6.07) is 9.86. The molecule has 0 aromatic heterocycles. The molecule has 140 valence electrons. The molecule has 6 nitrogen and oxygen atoms in total. The largest absolute Gasteiger partial charge is 0.506 e. The predicted molar refractivity (Wildman–Crippen MR) is 108 cm³/mol. The Labute approximate surface area is 167 Å². The van der Waals surface area contributed by atoms with Crippen LogP contribution >= 0.6 is 23.2 Å². The van der Waals surface area contributed by atoms with Crippen LogP contribution in [-0.4, -0.2) is 16.2 Å². The van der Waals surface area contributed by atoms with Gasteiger partial charge in [-0.25, -0.2) is 4.79 Å². The molecule has 4 N–H and O–H groups in total. The first kappa shape index (κ1) is 18.2. The van der Waals surface area contributed by atoms with Gasteiger partial charge in [-0.1, -0.05) is 29.3 Å². The number of nitrogens with two attached hydrogens (primary N) is 1. The number of fused-ring (bicyclic) bond motifs is 2. The van der Waals surface area contributed by atoms with Crippen molar-refractivity contribution in [3.63, 3.8) is 0 Å². The summed E-state index contributed by atoms with van der Waals surface area (Å²) in [5, 5.41) is 20.1. The molecule has 0 saturated heterocycles. The maximum absolute atomic E-state index is 12.0. The van der Waals surface area contributed by atoms with E-state index in [1.807, 2.05) is 0 Å². The summed E-state index contributed by atoms with van der Waals surface area (Å²) in [5.41, 5.74) is 6.98. The second-order valence-electron chi connectivity index (χ2n) is 6.17. The molecule has 2 aliphatic rings. The molecule has 0 bridgehead atoms. The van der Waals surface area contributed by atoms with Gasteiger partial charge in [-0.2, -0.15) is 0 Å². The molecule has 0 saturated carbocycles. The Balaban J connectivity index is 2.26. The number of phenolic OH excluding ortho intramolecular Hbond substituents is 1. The highest BCUT2D eigenvalue weighted by atomic mass is 35.5. The number of halogens is 2. The van der Waals surface area contributed by atoms with Crippen molar-refractivity contribution >= 4 is 45.8 Å². The van der Waals surface area contributed by atoms with E-state index in [9.17, 15) is 19.8 Å². The second-order valence-corrected chi connectivity index (χ2v) is 6.98. The van der Waals surface area contributed by atoms with Crippen LogP contribution in [0.2, 0.25) is 10.0 Å². The molecular weight excluding hydrogens is 405 g/mol. The minimum absolute atomic E-state index is 0.0412. The van der Waals surface area contributed by atoms with E-state index in [4.69, 9.17) is 33.4 Å². The monoisotopic (exact) mass is 415 g/mol. The number of hydrogen-bond donors (Lipinski definition) is 3. The van der Waals surface area contributed by atoms with Crippen LogP contribution in [0, 0.1) is 0 Å². The van der Waals surface area contributed by atoms with E-state index in [0.717, 1.165) is 0 Å². The van der Waals surface area contributed by atoms with Gasteiger partial charge in [-0.15, -0.1) is 0 Å². The van der Waals surface area contributed by atoms with Gasteiger partial charge < -0.3 is 20.4 Å². The molecule has 2 aromatic carbocycles. The van der Waals surface area contributed by atoms with Gasteiger partial charge in [0.25, 0.3) is 0 Å². The SMILES string of the molecule is Nc1ccc(-c2c3cc(Cl)c(=O)cc-3oc3cc(O)c(Cl)cc23)c(C(=O)O)c1. The van der Waals surface area contributed by atoms with Crippen LogP contribution in [0.15, 0.2) is 51.7 Å². The van der Waals surface area contributed by atoms with Crippen LogP contribution < -0.4 is 11.2 Å². The molecule has 2 aromatic rings. The molecule has 8 heteroatoms. The van der Waals surface area contributed by atoms with Gasteiger partial charge in [0.05, 0.1) is 15.6 Å². The zero-order valence-corrected chi connectivity index (χ0v) is 15.5. The molecule has 0 unspecified atom stereocenters. The fourth-order valence-electron chi connectivity index (χ4n) is 3.15. The third-order valence-corrected chi connectivity index (χ3v) is 4.98. The summed E-state index contributed by atoms with van der Waals surface area (Å²) in [4.78, 5) is 23.8. The fraction of sp³-hybridized carbons (Fsp3) is 0. The second kappa shape index (κ2) is 6.44. The zero-order valence-electron chi connectivity index (χ0n) is 14.0. The number of aromatic hydroxyl groups is 1. The van der Waals surface area contributed by atoms with Crippen LogP contribution in [0.5, 0.6) is 5.75 Å². The van der Waals surface area contributed by atoms with Gasteiger partial charge in [-0.05, 0) is 29.8 Å². The summed E-state index contributed by atoms with van der Waals surface area (Å²) in [6.07, 6.45) is 0. The summed E-state index contributed by atoms with van der Waals surface area (Å²) in [7, 11) is 0. The van der Waals surface area contributed by atoms with E-state index in [0.29, 0.717) is 22.1 Å². The molecule has 0 amide bonds. The molecule has 28 heavy (non-hydrogen) atoms. The van der Waals surface area contributed by atoms with Gasteiger partial charge in [0.1, 0.15) is 17.1 Å². The summed E-state index contributed by atoms with van der Waals surface area (Å²) < 4.78 is 5.75. The lowest BCUT2D eigenvalue weighted by Crippen LogP contribution is -2.05. The van der Waals surface area contributed by atoms with Crippen LogP contribution in [0.4, 0.5) is 5.69 Å². The third kappa shape index (κ3) is 2.83. The first-order valence-corrected chi connectivity index (χ1v) is 8.73. The Morgan fingerprint density at radius 3 is 2.46 bits per heavy atom. The molecule has 1 aliphatic carbocycles. The number of hydrogen-bond acceptors (Lipinski definition) is 5. The summed E-state index contributed by atoms with van der Waals surface area (Å²) in [6.45, 7) is 0. The average Bonchev–Trinajstić information content (AvgIpc) is 2.63. The number of rotatable bonds is 2. The Kier molecular flexibility index (Phi) is 4.18. The maximum atomic E-state index is 12.0. The van der Waals surface area contributed by atoms with E-state index >= 15 is 0 Å². The van der Waals surface area contributed by atoms with Crippen LogP contribution in [0.25, 0.3) is 33.4 Å². The van der Waals surface area contributed by atoms with Crippen molar-refractivity contribution in [3.8, 4) is 28.2 Å². The zero-order chi connectivity index (χ0) is 20.2. The Morgan fingerprint density at radius 1 is 1.00 bits per heavy atom. The van der Waals surface area contributed by atoms with E-state index in [1.165, 1.54) is 30.3 Å². The first-order valence-electron chi connectivity index (χ1n) is 7.98. The molecule has 1 aliphatic heterocycles. The van der Waals surface area contributed by atoms with Gasteiger partial charge in [-0.3, -0.25) is 4.79 Å². The quantitative estimate of drug-likeness (QED) is 0.318. The van der Waals surface area contributed by atoms with Gasteiger partial charge >= 0.3 is 5.97 Å². The number of phenols is 1. The van der Waals surface area contributed by atoms with Gasteiger partial charge in [0, 0.05) is 34.3 Å². The van der Waals surface area contributed by atoms with Crippen molar-refractivity contribution < 1.29 is 19.4 Å². The van der Waals surface area contributed by atoms with Crippen molar-refractivity contribution in [1.82, 2.24) is 0 Å². The van der Waals surface area contributed by atoms with Crippen molar-refractivity contribution in [3.05, 3.63) is 68.3 Å². The lowest BCUT2D eigenvalue weighted by Gasteiger charge is -2.17. The van der Waals surface area contributed by atoms with E-state index in [-0.39, 0.29) is 38.4 Å². The molecule has 0 fully saturated rings. The molecule has 0 radical (unpaired) electrons. The topological polar surface area (TPSA) is 114 Å². The number of carboxylic acids is 1. The van der Waals surface area contributed by atoms with Crippen LogP contribution in [0.3, 0.4) is 0 Å². The highest BCUT2D eigenvalue weighted by molar-refractivity contribution is 6.33. The Bertz CT molecular complexity index is 1310. The smallest absolute Gasteiger partial charge is 0.336 e. The van der Waals surface area contributed by atoms with Crippen LogP contribution in [-0.2, 0) is 0 Å². The Morgan fingerprint density at radius 2 is 1.75 bits per heavy atom. The lowest BCUT2D eigenvalue weighted by molar-refractivity contribution is 0.0698. The number of benzene rings is 3. The molecule has 4 rings (SSSR count). The van der Waals surface area contributed by atoms with E-state index in [2.05, 4.69) is 0 Å². The number of nitrogen functional groups attached to an aromatic ring is 1. The standard InChI is InChI=1S/C20H11Cl2NO5/c21-13-4-11-17(6-15(13)24)28-18-7-16(25)14(22)5-12(18)19(11)9-2-1-8(23)3-10(9)20(26)27/h1-7,24H,23H2,(H,26,27). The van der Waals surface area contributed by atoms with E-state index < -0.39 is 11.4 Å². The number of anilines is 1. The minimum atomic E-state index is -1.18. The number of carboxylic acid groups (broad SMARTS) is 1. The van der Waals surface area contributed by atoms with E-state index in [1.54, 1.807) is 12.1 Å². The Hall–Kier alpha value is -3.22. The normalized spacial score (nSPS) is 11.2. The molecular formula is C20H11Cl2NO5. The molecule has 1 heterocycles. The maximum Gasteiger partial charge on any atom is 0.336 e. The minimum Gasteiger partial charge on any atom is -0.506 e. The number of carbonyl (C=O) groups is 1. The van der Waals surface area contributed by atoms with Gasteiger partial charge in [0.2, 0.25) is 5.43 Å². The summed E-state index contributed by atoms with van der Waals surface area (Å²) >= 11 is 12.1. The van der Waals surface area contributed by atoms with Gasteiger partial charge in [0.15, 0.2) is 0 Å². The van der Waals surface area contributed by atoms with Crippen molar-refractivity contribution in [2.75, 3.05) is 5.73 Å². The third-order valence-electron chi connectivity index (χ3n) is 4.39. The highest BCUT2D eigenvalue weighted by Crippen LogP contribution is 2.44. The molecule has 0 atom stereocenters. The molecule has 0 spiro atoms. The summed E-state index contributed by atoms with van der Waals surface area (Å²) in [5.74, 6) is -1.21. The van der Waals surface area contributed by atoms with Crippen molar-refractivity contribution in [1.29, 1.82) is 0 Å². The fourth-order valence-corrected chi connectivity index (χ4v) is 3.47. The lowest BCUT2D eigenvalue weighted by atomic mass is 9.90. The predicted octanol–water partition coefficient (Wildman–Crippen LogP) is 4.86. The number of aromatic carboxylic acids is 1. The van der Waals surface area contributed by atoms with Crippen molar-refractivity contribution in [2.45, 2.75) is 0 Å². The highest BCUT2D eigenvalue weighted by Gasteiger charge is 2.23. The van der Waals surface area contributed by atoms with Crippen LogP contribution in [0.1, 0.15) is 10.4 Å². The first-order chi connectivity index (χ1) is 13.3. The average molecular weight is 416 g/mol. The van der Waals surface area contributed by atoms with Crippen molar-refractivity contribution in [2.24, 2.45) is 0 Å².